The third kappa shape index (κ3) is 2.77. The van der Waals surface area contributed by atoms with Crippen LogP contribution in [0.25, 0.3) is 0 Å². The summed E-state index contributed by atoms with van der Waals surface area (Å²) >= 11 is 0. The van der Waals surface area contributed by atoms with Crippen molar-refractivity contribution in [1.82, 2.24) is 14.8 Å². The molecule has 0 aromatic carbocycles. The minimum Gasteiger partial charge on any atom is -0.465 e. The molecule has 1 amide bonds. The monoisotopic (exact) mass is 311 g/mol. The second-order valence-corrected chi connectivity index (χ2v) is 6.49. The summed E-state index contributed by atoms with van der Waals surface area (Å²) in [6.07, 6.45) is 5.23. The molecule has 5 heteroatoms. The quantitative estimate of drug-likeness (QED) is 0.870. The van der Waals surface area contributed by atoms with Crippen LogP contribution in [0.4, 0.5) is 0 Å². The molecule has 4 rings (SSSR count). The van der Waals surface area contributed by atoms with Crippen molar-refractivity contribution in [3.05, 3.63) is 53.7 Å². The van der Waals surface area contributed by atoms with Gasteiger partial charge in [0.1, 0.15) is 11.5 Å². The summed E-state index contributed by atoms with van der Waals surface area (Å²) < 4.78 is 5.70. The maximum Gasteiger partial charge on any atom is 0.224 e. The van der Waals surface area contributed by atoms with E-state index in [-0.39, 0.29) is 5.91 Å². The first-order valence-electron chi connectivity index (χ1n) is 8.18. The first-order chi connectivity index (χ1) is 11.2. The molecule has 2 aliphatic heterocycles. The number of rotatable bonds is 4. The van der Waals surface area contributed by atoms with E-state index in [4.69, 9.17) is 4.42 Å². The molecular formula is C18H21N3O2. The summed E-state index contributed by atoms with van der Waals surface area (Å²) in [5.41, 5.74) is 1.15. The van der Waals surface area contributed by atoms with Crippen LogP contribution < -0.4 is 0 Å². The summed E-state index contributed by atoms with van der Waals surface area (Å²) in [4.78, 5) is 20.9. The molecule has 2 saturated heterocycles. The molecule has 2 aliphatic rings. The number of amides is 1. The van der Waals surface area contributed by atoms with E-state index in [2.05, 4.69) is 9.88 Å². The Labute approximate surface area is 135 Å². The zero-order valence-electron chi connectivity index (χ0n) is 13.3. The topological polar surface area (TPSA) is 49.6 Å². The van der Waals surface area contributed by atoms with Crippen molar-refractivity contribution in [1.29, 1.82) is 0 Å². The van der Waals surface area contributed by atoms with Gasteiger partial charge in [-0.1, -0.05) is 0 Å². The molecule has 4 heterocycles. The van der Waals surface area contributed by atoms with Gasteiger partial charge in [0.15, 0.2) is 0 Å². The minimum absolute atomic E-state index is 0.261. The Hall–Kier alpha value is -2.14. The molecule has 0 spiro atoms. The predicted octanol–water partition coefficient (Wildman–Crippen LogP) is 2.36. The van der Waals surface area contributed by atoms with Crippen LogP contribution in [0.2, 0.25) is 0 Å². The van der Waals surface area contributed by atoms with Gasteiger partial charge < -0.3 is 9.32 Å². The fourth-order valence-corrected chi connectivity index (χ4v) is 3.87. The molecule has 23 heavy (non-hydrogen) atoms. The Morgan fingerprint density at radius 2 is 2.00 bits per heavy atom. The van der Waals surface area contributed by atoms with Gasteiger partial charge in [-0.25, -0.2) is 0 Å². The Morgan fingerprint density at radius 1 is 1.17 bits per heavy atom. The average Bonchev–Trinajstić information content (AvgIpc) is 3.21. The lowest BCUT2D eigenvalue weighted by Crippen LogP contribution is -2.36. The maximum atomic E-state index is 12.5. The number of nitrogens with zero attached hydrogens (tertiary/aromatic N) is 3. The number of hydrogen-bond donors (Lipinski definition) is 0. The second kappa shape index (κ2) is 5.81. The number of likely N-dealkylation sites (tertiary alicyclic amines) is 2. The maximum absolute atomic E-state index is 12.5. The molecule has 2 aromatic heterocycles. The average molecular weight is 311 g/mol. The van der Waals surface area contributed by atoms with Crippen molar-refractivity contribution in [2.75, 3.05) is 6.54 Å². The van der Waals surface area contributed by atoms with Crippen molar-refractivity contribution >= 4 is 5.91 Å². The second-order valence-electron chi connectivity index (χ2n) is 6.49. The number of fused-ring (bicyclic) bond motifs is 1. The van der Waals surface area contributed by atoms with Gasteiger partial charge in [0.2, 0.25) is 5.91 Å². The molecule has 0 saturated carbocycles. The lowest BCUT2D eigenvalue weighted by Gasteiger charge is -2.25. The highest BCUT2D eigenvalue weighted by Gasteiger charge is 2.46. The molecular weight excluding hydrogens is 290 g/mol. The van der Waals surface area contributed by atoms with Crippen molar-refractivity contribution in [2.24, 2.45) is 0 Å². The number of aryl methyl sites for hydroxylation is 1. The number of hydrogen-bond acceptors (Lipinski definition) is 4. The minimum atomic E-state index is 0.261. The highest BCUT2D eigenvalue weighted by atomic mass is 16.3. The van der Waals surface area contributed by atoms with Crippen LogP contribution in [0.5, 0.6) is 0 Å². The van der Waals surface area contributed by atoms with E-state index in [0.717, 1.165) is 36.6 Å². The number of carbonyl (C=O) groups is 1. The van der Waals surface area contributed by atoms with Crippen LogP contribution >= 0.6 is 0 Å². The molecule has 0 bridgehead atoms. The van der Waals surface area contributed by atoms with E-state index in [1.165, 1.54) is 0 Å². The lowest BCUT2D eigenvalue weighted by molar-refractivity contribution is -0.129. The molecule has 5 nitrogen and oxygen atoms in total. The zero-order valence-corrected chi connectivity index (χ0v) is 13.3. The number of furan rings is 1. The van der Waals surface area contributed by atoms with Crippen molar-refractivity contribution in [3.63, 3.8) is 0 Å². The van der Waals surface area contributed by atoms with Crippen LogP contribution in [-0.4, -0.2) is 39.3 Å². The summed E-state index contributed by atoms with van der Waals surface area (Å²) in [5, 5.41) is 0. The largest absolute Gasteiger partial charge is 0.465 e. The predicted molar refractivity (Wildman–Crippen MR) is 85.5 cm³/mol. The highest BCUT2D eigenvalue weighted by molar-refractivity contribution is 5.80. The van der Waals surface area contributed by atoms with Crippen LogP contribution in [0, 0.1) is 6.92 Å². The molecule has 2 aromatic rings. The summed E-state index contributed by atoms with van der Waals surface area (Å²) in [7, 11) is 0. The fraction of sp³-hybridized carbons (Fsp3) is 0.444. The summed E-state index contributed by atoms with van der Waals surface area (Å²) in [5.74, 6) is 2.19. The normalized spacial score (nSPS) is 24.4. The molecule has 0 aliphatic carbocycles. The Kier molecular flexibility index (Phi) is 3.65. The lowest BCUT2D eigenvalue weighted by atomic mass is 10.1. The van der Waals surface area contributed by atoms with Gasteiger partial charge in [-0.05, 0) is 43.2 Å². The number of pyridine rings is 1. The third-order valence-electron chi connectivity index (χ3n) is 4.99. The highest BCUT2D eigenvalue weighted by Crippen LogP contribution is 2.34. The van der Waals surface area contributed by atoms with Crippen molar-refractivity contribution in [2.45, 2.75) is 44.9 Å². The summed E-state index contributed by atoms with van der Waals surface area (Å²) in [6, 6.07) is 8.64. The standard InChI is InChI=1S/C18H21N3O2/c1-13-2-3-15(23-13)12-20-9-6-16-17(20)10-18(22)21(16)11-14-4-7-19-8-5-14/h2-5,7-8,16-17H,6,9-12H2,1H3/t16-,17+/m1/s1. The van der Waals surface area contributed by atoms with Gasteiger partial charge in [0.25, 0.3) is 0 Å². The molecule has 120 valence electrons. The molecule has 0 radical (unpaired) electrons. The van der Waals surface area contributed by atoms with Crippen molar-refractivity contribution < 1.29 is 9.21 Å². The van der Waals surface area contributed by atoms with Gasteiger partial charge in [-0.15, -0.1) is 0 Å². The van der Waals surface area contributed by atoms with Gasteiger partial charge in [0.05, 0.1) is 6.54 Å². The number of carbonyl (C=O) groups excluding carboxylic acids is 1. The number of aromatic nitrogens is 1. The first kappa shape index (κ1) is 14.5. The van der Waals surface area contributed by atoms with E-state index in [9.17, 15) is 4.79 Å². The van der Waals surface area contributed by atoms with Crippen LogP contribution in [0.3, 0.4) is 0 Å². The van der Waals surface area contributed by atoms with E-state index >= 15 is 0 Å². The van der Waals surface area contributed by atoms with E-state index in [1.54, 1.807) is 12.4 Å². The summed E-state index contributed by atoms with van der Waals surface area (Å²) in [6.45, 7) is 4.47. The van der Waals surface area contributed by atoms with Crippen LogP contribution in [0.15, 0.2) is 41.1 Å². The van der Waals surface area contributed by atoms with Crippen LogP contribution in [0.1, 0.15) is 29.9 Å². The van der Waals surface area contributed by atoms with E-state index in [1.807, 2.05) is 36.1 Å². The molecule has 0 unspecified atom stereocenters. The molecule has 2 atom stereocenters. The zero-order chi connectivity index (χ0) is 15.8. The van der Waals surface area contributed by atoms with Gasteiger partial charge >= 0.3 is 0 Å². The van der Waals surface area contributed by atoms with Gasteiger partial charge in [0, 0.05) is 44.0 Å². The Balaban J connectivity index is 1.46. The Bertz CT molecular complexity index is 697. The van der Waals surface area contributed by atoms with Gasteiger partial charge in [-0.2, -0.15) is 0 Å². The smallest absolute Gasteiger partial charge is 0.224 e. The van der Waals surface area contributed by atoms with E-state index < -0.39 is 0 Å². The third-order valence-corrected chi connectivity index (χ3v) is 4.99. The Morgan fingerprint density at radius 3 is 2.74 bits per heavy atom. The van der Waals surface area contributed by atoms with E-state index in [0.29, 0.717) is 25.0 Å². The first-order valence-corrected chi connectivity index (χ1v) is 8.18. The van der Waals surface area contributed by atoms with Crippen LogP contribution in [-0.2, 0) is 17.9 Å². The fourth-order valence-electron chi connectivity index (χ4n) is 3.87. The van der Waals surface area contributed by atoms with Crippen molar-refractivity contribution in [3.8, 4) is 0 Å². The van der Waals surface area contributed by atoms with Gasteiger partial charge in [-0.3, -0.25) is 14.7 Å². The SMILES string of the molecule is Cc1ccc(CN2CC[C@@H]3[C@@H]2CC(=O)N3Cc2ccncc2)o1. The molecule has 0 N–H and O–H groups in total. The molecule has 2 fully saturated rings.